The zero-order chi connectivity index (χ0) is 42.7. The lowest BCUT2D eigenvalue weighted by Crippen LogP contribution is -2.40. The Morgan fingerprint density at radius 1 is 0.484 bits per heavy atom. The van der Waals surface area contributed by atoms with Crippen LogP contribution in [0.15, 0.2) is 47.5 Å². The predicted octanol–water partition coefficient (Wildman–Crippen LogP) is 9.45. The number of aromatic nitrogens is 2. The number of thiazole rings is 2. The van der Waals surface area contributed by atoms with Gasteiger partial charge in [0.05, 0.1) is 43.2 Å². The average molecular weight is 849 g/mol. The molecule has 4 aliphatic carbocycles. The molecule has 62 heavy (non-hydrogen) atoms. The van der Waals surface area contributed by atoms with Crippen LogP contribution in [0.2, 0.25) is 0 Å². The number of benzene rings is 3. The van der Waals surface area contributed by atoms with E-state index in [2.05, 4.69) is 12.1 Å². The molecule has 11 rings (SSSR count). The van der Waals surface area contributed by atoms with Gasteiger partial charge in [-0.2, -0.15) is 21.0 Å². The molecule has 4 heterocycles. The van der Waals surface area contributed by atoms with Crippen molar-refractivity contribution in [3.05, 3.63) is 113 Å². The minimum atomic E-state index is -0.697. The summed E-state index contributed by atoms with van der Waals surface area (Å²) in [6.07, 6.45) is 11.8. The Bertz CT molecular complexity index is 2910. The fourth-order valence-electron chi connectivity index (χ4n) is 10.1. The Morgan fingerprint density at radius 2 is 0.806 bits per heavy atom. The van der Waals surface area contributed by atoms with Crippen molar-refractivity contribution in [2.45, 2.75) is 75.4 Å². The molecule has 12 nitrogen and oxygen atoms in total. The zero-order valence-corrected chi connectivity index (χ0v) is 34.3. The van der Waals surface area contributed by atoms with Crippen LogP contribution in [0.5, 0.6) is 11.8 Å². The maximum Gasteiger partial charge on any atom is 0.234 e. The highest BCUT2D eigenvalue weighted by atomic mass is 32.1. The number of rotatable bonds is 2. The van der Waals surface area contributed by atoms with Gasteiger partial charge in [0.15, 0.2) is 23.1 Å². The van der Waals surface area contributed by atoms with Crippen LogP contribution in [0.1, 0.15) is 149 Å². The van der Waals surface area contributed by atoms with Crippen LogP contribution in [0, 0.1) is 45.3 Å². The lowest BCUT2D eigenvalue weighted by atomic mass is 9.71. The van der Waals surface area contributed by atoms with E-state index in [9.17, 15) is 40.2 Å². The minimum Gasteiger partial charge on any atom is -0.465 e. The Kier molecular flexibility index (Phi) is 8.24. The number of carbonyl (C=O) groups is 4. The van der Waals surface area contributed by atoms with Crippen LogP contribution in [-0.4, -0.2) is 33.1 Å². The van der Waals surface area contributed by atoms with E-state index in [4.69, 9.17) is 19.4 Å². The molecular weight excluding hydrogens is 821 g/mol. The van der Waals surface area contributed by atoms with Gasteiger partial charge in [0, 0.05) is 44.5 Å². The summed E-state index contributed by atoms with van der Waals surface area (Å²) < 4.78 is 13.9. The molecule has 0 radical (unpaired) electrons. The first-order valence-corrected chi connectivity index (χ1v) is 21.9. The second kappa shape index (κ2) is 13.6. The summed E-state index contributed by atoms with van der Waals surface area (Å²) in [7, 11) is 0. The van der Waals surface area contributed by atoms with E-state index in [1.807, 2.05) is 24.3 Å². The Labute approximate surface area is 361 Å². The van der Waals surface area contributed by atoms with Crippen LogP contribution in [-0.2, 0) is 11.2 Å². The van der Waals surface area contributed by atoms with E-state index in [0.29, 0.717) is 21.8 Å². The molecule has 2 saturated carbocycles. The highest BCUT2D eigenvalue weighted by molar-refractivity contribution is 7.17. The molecule has 3 aromatic carbocycles. The van der Waals surface area contributed by atoms with E-state index >= 15 is 0 Å². The first kappa shape index (κ1) is 37.6. The molecule has 0 saturated heterocycles. The second-order valence-electron chi connectivity index (χ2n) is 16.4. The molecule has 5 aromatic rings. The summed E-state index contributed by atoms with van der Waals surface area (Å²) >= 11 is 2.65. The van der Waals surface area contributed by atoms with E-state index in [1.165, 1.54) is 59.1 Å². The highest BCUT2D eigenvalue weighted by Crippen LogP contribution is 2.59. The van der Waals surface area contributed by atoms with Crippen LogP contribution in [0.4, 0.5) is 0 Å². The second-order valence-corrected chi connectivity index (χ2v) is 18.5. The third kappa shape index (κ3) is 5.31. The molecule has 6 aliphatic rings. The van der Waals surface area contributed by atoms with Gasteiger partial charge >= 0.3 is 0 Å². The number of allylic oxidation sites excluding steroid dienone is 2. The lowest BCUT2D eigenvalue weighted by Gasteiger charge is -2.45. The molecule has 0 amide bonds. The molecule has 2 fully saturated rings. The van der Waals surface area contributed by atoms with E-state index in [-0.39, 0.29) is 55.7 Å². The van der Waals surface area contributed by atoms with Crippen LogP contribution < -0.4 is 9.47 Å². The summed E-state index contributed by atoms with van der Waals surface area (Å²) in [6, 6.07) is 17.4. The van der Waals surface area contributed by atoms with Gasteiger partial charge in [-0.05, 0) is 99.9 Å². The molecule has 2 aliphatic heterocycles. The number of ether oxygens (including phenoxy) is 2. The number of Topliss-reactive ketones (excluding diaryl/α,β-unsaturated/α-hetero) is 4. The van der Waals surface area contributed by atoms with Crippen molar-refractivity contribution in [2.75, 3.05) is 0 Å². The zero-order valence-electron chi connectivity index (χ0n) is 32.6. The number of ketones is 4. The van der Waals surface area contributed by atoms with Crippen molar-refractivity contribution in [2.24, 2.45) is 0 Å². The molecule has 2 spiro atoms. The van der Waals surface area contributed by atoms with E-state index in [1.54, 1.807) is 0 Å². The van der Waals surface area contributed by atoms with Crippen LogP contribution >= 0.6 is 22.7 Å². The Hall–Kier alpha value is -7.36. The lowest BCUT2D eigenvalue weighted by molar-refractivity contribution is 0.0162. The van der Waals surface area contributed by atoms with E-state index < -0.39 is 34.3 Å². The monoisotopic (exact) mass is 848 g/mol. The van der Waals surface area contributed by atoms with Crippen molar-refractivity contribution >= 4 is 58.0 Å². The molecule has 2 aromatic heterocycles. The molecule has 0 bridgehead atoms. The molecule has 14 heteroatoms. The van der Waals surface area contributed by atoms with Crippen molar-refractivity contribution < 1.29 is 28.7 Å². The highest BCUT2D eigenvalue weighted by Gasteiger charge is 2.49. The van der Waals surface area contributed by atoms with Gasteiger partial charge in [-0.3, -0.25) is 19.2 Å². The summed E-state index contributed by atoms with van der Waals surface area (Å²) in [5, 5.41) is 39.1. The van der Waals surface area contributed by atoms with Gasteiger partial charge < -0.3 is 9.47 Å². The fourth-order valence-corrected chi connectivity index (χ4v) is 12.0. The maximum absolute atomic E-state index is 13.6. The topological polar surface area (TPSA) is 208 Å². The fraction of sp³-hybridized carbons (Fsp3) is 0.250. The summed E-state index contributed by atoms with van der Waals surface area (Å²) in [5.41, 5.74) is 2.79. The molecule has 298 valence electrons. The number of hydrogen-bond donors (Lipinski definition) is 0. The number of carbonyl (C=O) groups excluding carboxylic acids is 4. The van der Waals surface area contributed by atoms with Gasteiger partial charge in [0.25, 0.3) is 0 Å². The van der Waals surface area contributed by atoms with Crippen LogP contribution in [0.25, 0.3) is 33.0 Å². The smallest absolute Gasteiger partial charge is 0.234 e. The van der Waals surface area contributed by atoms with Gasteiger partial charge in [-0.15, -0.1) is 22.7 Å². The first-order valence-electron chi connectivity index (χ1n) is 20.3. The predicted molar refractivity (Wildman–Crippen MR) is 224 cm³/mol. The number of nitrogens with zero attached hydrogens (tertiary/aromatic N) is 6. The number of fused-ring (bicyclic) bond motifs is 10. The van der Waals surface area contributed by atoms with Gasteiger partial charge in [-0.1, -0.05) is 12.8 Å². The molecule has 0 unspecified atom stereocenters. The van der Waals surface area contributed by atoms with Gasteiger partial charge in [0.2, 0.25) is 11.8 Å². The number of hydrogen-bond acceptors (Lipinski definition) is 14. The van der Waals surface area contributed by atoms with Crippen molar-refractivity contribution in [3.63, 3.8) is 0 Å². The summed E-state index contributed by atoms with van der Waals surface area (Å²) in [5.74, 6) is -1.25. The largest absolute Gasteiger partial charge is 0.465 e. The Balaban J connectivity index is 1.04. The average Bonchev–Trinajstić information content (AvgIpc) is 4.02. The first-order chi connectivity index (χ1) is 30.1. The van der Waals surface area contributed by atoms with Gasteiger partial charge in [0.1, 0.15) is 45.5 Å². The van der Waals surface area contributed by atoms with Crippen LogP contribution in [0.3, 0.4) is 0 Å². The molecular formula is C48H28N6O6S2. The normalized spacial score (nSPS) is 18.2. The van der Waals surface area contributed by atoms with Crippen molar-refractivity contribution in [1.82, 2.24) is 9.97 Å². The Morgan fingerprint density at radius 3 is 1.11 bits per heavy atom. The quantitative estimate of drug-likeness (QED) is 0.120. The molecule has 0 N–H and O–H groups in total. The number of nitriles is 4. The van der Waals surface area contributed by atoms with Crippen molar-refractivity contribution in [1.29, 1.82) is 21.0 Å². The standard InChI is InChI=1S/C48H28N6O6S2/c49-19-23-11-27-28(12-24(23)20-50)40(56)33(39(27)55)17-37-53-45-43(61-37)31-16-36-32(15-35(31)47(59-45)7-3-1-4-8-47)44-46(60-48(36)9-5-2-6-10-48)54-38(62-44)18-34-41(57)29-13-25(21-51)26(22-52)14-30(29)42(34)58/h11-18H,1-10H2. The van der Waals surface area contributed by atoms with E-state index in [0.717, 1.165) is 96.2 Å². The summed E-state index contributed by atoms with van der Waals surface area (Å²) in [4.78, 5) is 65.8. The SMILES string of the molecule is N#Cc1cc2c(cc1C#N)C(=O)C(=Cc1nc3c(s1)-c1cc4c(cc1C1(CCCCC1)O3)-c1sc(C=C3C(=O)c5cc(C#N)c(C#N)cc5C3=O)nc1OC41CCCCC1)C2=O. The van der Waals surface area contributed by atoms with Crippen molar-refractivity contribution in [3.8, 4) is 56.9 Å². The molecule has 0 atom stereocenters. The summed E-state index contributed by atoms with van der Waals surface area (Å²) in [6.45, 7) is 0. The third-order valence-corrected chi connectivity index (χ3v) is 15.1. The third-order valence-electron chi connectivity index (χ3n) is 13.1. The minimum absolute atomic E-state index is 0.0275. The van der Waals surface area contributed by atoms with Gasteiger partial charge in [-0.25, -0.2) is 9.97 Å². The maximum atomic E-state index is 13.6.